The smallest absolute Gasteiger partial charge is 0.186 e. The van der Waals surface area contributed by atoms with Gasteiger partial charge in [-0.15, -0.1) is 0 Å². The quantitative estimate of drug-likeness (QED) is 0.285. The van der Waals surface area contributed by atoms with Crippen LogP contribution < -0.4 is 0 Å². The Bertz CT molecular complexity index is 1210. The minimum Gasteiger partial charge on any atom is -0.289 e. The Morgan fingerprint density at radius 2 is 1.16 bits per heavy atom. The van der Waals surface area contributed by atoms with E-state index in [0.29, 0.717) is 0 Å². The molecule has 1 heterocycles. The van der Waals surface area contributed by atoms with Crippen molar-refractivity contribution >= 4 is 33.1 Å². The predicted molar refractivity (Wildman–Crippen MR) is 143 cm³/mol. The van der Waals surface area contributed by atoms with Gasteiger partial charge in [0.1, 0.15) is 8.07 Å². The zero-order valence-corrected chi connectivity index (χ0v) is 22.0. The Labute approximate surface area is 194 Å². The number of hydrogen-bond donors (Lipinski definition) is 0. The summed E-state index contributed by atoms with van der Waals surface area (Å²) < 4.78 is 0. The van der Waals surface area contributed by atoms with Gasteiger partial charge in [-0.25, -0.2) is 0 Å². The summed E-state index contributed by atoms with van der Waals surface area (Å²) in [5.41, 5.74) is 6.84. The molecule has 162 valence electrons. The maximum absolute atomic E-state index is 14.2. The summed E-state index contributed by atoms with van der Waals surface area (Å²) in [5, 5.41) is 1.06. The van der Waals surface area contributed by atoms with Crippen LogP contribution in [0.5, 0.6) is 0 Å². The molecule has 0 radical (unpaired) electrons. The second-order valence-corrected chi connectivity index (χ2v) is 20.1. The molecule has 0 atom stereocenters. The third kappa shape index (κ3) is 3.91. The van der Waals surface area contributed by atoms with Crippen molar-refractivity contribution in [3.05, 3.63) is 117 Å². The van der Waals surface area contributed by atoms with E-state index in [9.17, 15) is 4.79 Å². The Balaban J connectivity index is 2.09. The van der Waals surface area contributed by atoms with E-state index in [2.05, 4.69) is 94.3 Å². The number of carbonyl (C=O) groups is 1. The molecule has 0 amide bonds. The lowest BCUT2D eigenvalue weighted by molar-refractivity contribution is 0.104. The average Bonchev–Trinajstić information content (AvgIpc) is 3.02. The first-order valence-electron chi connectivity index (χ1n) is 11.3. The summed E-state index contributed by atoms with van der Waals surface area (Å²) in [5.74, 6) is 0.196. The number of aryl methyl sites for hydroxylation is 1. The van der Waals surface area contributed by atoms with Crippen LogP contribution in [-0.4, -0.2) is 21.9 Å². The van der Waals surface area contributed by atoms with E-state index in [0.717, 1.165) is 21.9 Å². The minimum atomic E-state index is -2.21. The highest BCUT2D eigenvalue weighted by molar-refractivity contribution is 7.13. The maximum Gasteiger partial charge on any atom is 0.186 e. The third-order valence-electron chi connectivity index (χ3n) is 6.42. The standard InChI is InChI=1S/C29H32OSi2/c1-21-17-19-24(20-18-21)27(30)28-25(22-13-9-7-10-14-22)26(23-15-11-8-12-16-23)29(31(2,3)4)32(28,5)6/h7-20H,1-6H3. The van der Waals surface area contributed by atoms with E-state index < -0.39 is 16.1 Å². The molecule has 0 fully saturated rings. The zero-order chi connectivity index (χ0) is 23.1. The van der Waals surface area contributed by atoms with E-state index in [1.165, 1.54) is 16.7 Å². The SMILES string of the molecule is Cc1ccc(C(=O)C2=C(c3ccccc3)C(c3ccccc3)=C([Si](C)(C)C)[Si]2(C)C)cc1. The lowest BCUT2D eigenvalue weighted by Gasteiger charge is -2.33. The number of ketones is 1. The highest BCUT2D eigenvalue weighted by atomic mass is 28.4. The molecule has 1 aliphatic rings. The van der Waals surface area contributed by atoms with Crippen molar-refractivity contribution in [2.24, 2.45) is 0 Å². The molecule has 32 heavy (non-hydrogen) atoms. The van der Waals surface area contributed by atoms with Crippen molar-refractivity contribution in [2.45, 2.75) is 39.7 Å². The van der Waals surface area contributed by atoms with E-state index in [1.807, 2.05) is 30.3 Å². The number of Topliss-reactive ketones (excluding diaryl/α,β-unsaturated/α-hetero) is 1. The van der Waals surface area contributed by atoms with E-state index in [1.54, 1.807) is 4.82 Å². The van der Waals surface area contributed by atoms with Gasteiger partial charge in [-0.2, -0.15) is 0 Å². The van der Waals surface area contributed by atoms with Crippen LogP contribution in [0.3, 0.4) is 0 Å². The molecule has 3 heteroatoms. The zero-order valence-electron chi connectivity index (χ0n) is 20.0. The molecular formula is C29H32OSi2. The second kappa shape index (κ2) is 8.30. The van der Waals surface area contributed by atoms with Crippen LogP contribution in [0, 0.1) is 6.92 Å². The van der Waals surface area contributed by atoms with Gasteiger partial charge in [0.05, 0.1) is 8.07 Å². The average molecular weight is 453 g/mol. The number of rotatable bonds is 5. The highest BCUT2D eigenvalue weighted by Gasteiger charge is 2.49. The molecule has 4 rings (SSSR count). The molecule has 0 saturated heterocycles. The van der Waals surface area contributed by atoms with Crippen molar-refractivity contribution in [1.29, 1.82) is 0 Å². The van der Waals surface area contributed by atoms with Crippen LogP contribution in [0.1, 0.15) is 27.0 Å². The van der Waals surface area contributed by atoms with Gasteiger partial charge in [-0.1, -0.05) is 128 Å². The fraction of sp³-hybridized carbons (Fsp3) is 0.207. The van der Waals surface area contributed by atoms with Gasteiger partial charge in [-0.3, -0.25) is 4.79 Å². The first-order valence-corrected chi connectivity index (χ1v) is 17.8. The Morgan fingerprint density at radius 3 is 1.62 bits per heavy atom. The Kier molecular flexibility index (Phi) is 5.82. The van der Waals surface area contributed by atoms with Gasteiger partial charge in [0, 0.05) is 5.56 Å². The molecular weight excluding hydrogens is 420 g/mol. The van der Waals surface area contributed by atoms with Crippen LogP contribution in [0.2, 0.25) is 32.7 Å². The first kappa shape index (κ1) is 22.4. The summed E-state index contributed by atoms with van der Waals surface area (Å²) in [6.07, 6.45) is 0. The molecule has 0 N–H and O–H groups in total. The summed E-state index contributed by atoms with van der Waals surface area (Å²) in [6.45, 7) is 14.1. The van der Waals surface area contributed by atoms with E-state index in [-0.39, 0.29) is 5.78 Å². The highest BCUT2D eigenvalue weighted by Crippen LogP contribution is 2.52. The second-order valence-electron chi connectivity index (χ2n) is 10.3. The molecule has 1 nitrogen and oxygen atoms in total. The van der Waals surface area contributed by atoms with Crippen LogP contribution in [0.15, 0.2) is 94.9 Å². The van der Waals surface area contributed by atoms with Crippen LogP contribution in [0.25, 0.3) is 11.1 Å². The molecule has 0 bridgehead atoms. The van der Waals surface area contributed by atoms with Gasteiger partial charge in [0.25, 0.3) is 0 Å². The molecule has 3 aromatic rings. The third-order valence-corrected chi connectivity index (χ3v) is 15.5. The Morgan fingerprint density at radius 1 is 0.688 bits per heavy atom. The van der Waals surface area contributed by atoms with Crippen LogP contribution in [-0.2, 0) is 0 Å². The van der Waals surface area contributed by atoms with Gasteiger partial charge >= 0.3 is 0 Å². The Hall–Kier alpha value is -2.76. The molecule has 0 spiro atoms. The fourth-order valence-electron chi connectivity index (χ4n) is 5.35. The minimum absolute atomic E-state index is 0.196. The topological polar surface area (TPSA) is 17.1 Å². The van der Waals surface area contributed by atoms with Crippen molar-refractivity contribution < 1.29 is 4.79 Å². The van der Waals surface area contributed by atoms with Crippen LogP contribution in [0.4, 0.5) is 0 Å². The number of benzene rings is 3. The summed E-state index contributed by atoms with van der Waals surface area (Å²) in [4.78, 5) is 15.8. The van der Waals surface area contributed by atoms with E-state index >= 15 is 0 Å². The van der Waals surface area contributed by atoms with Gasteiger partial charge < -0.3 is 0 Å². The summed E-state index contributed by atoms with van der Waals surface area (Å²) in [6, 6.07) is 29.3. The number of allylic oxidation sites excluding steroid dienone is 3. The molecule has 0 saturated carbocycles. The fourth-order valence-corrected chi connectivity index (χ4v) is 17.0. The normalized spacial score (nSPS) is 15.9. The van der Waals surface area contributed by atoms with Crippen molar-refractivity contribution in [3.63, 3.8) is 0 Å². The molecule has 1 aliphatic heterocycles. The molecule has 3 aromatic carbocycles. The lowest BCUT2D eigenvalue weighted by atomic mass is 9.91. The summed E-state index contributed by atoms with van der Waals surface area (Å²) in [7, 11) is -3.94. The first-order chi connectivity index (χ1) is 15.1. The van der Waals surface area contributed by atoms with Gasteiger partial charge in [-0.05, 0) is 34.4 Å². The summed E-state index contributed by atoms with van der Waals surface area (Å²) >= 11 is 0. The predicted octanol–water partition coefficient (Wildman–Crippen LogP) is 7.76. The van der Waals surface area contributed by atoms with Crippen molar-refractivity contribution in [2.75, 3.05) is 0 Å². The van der Waals surface area contributed by atoms with Gasteiger partial charge in [0.15, 0.2) is 5.78 Å². The maximum atomic E-state index is 14.2. The monoisotopic (exact) mass is 452 g/mol. The molecule has 0 aliphatic carbocycles. The van der Waals surface area contributed by atoms with Gasteiger partial charge in [0.2, 0.25) is 0 Å². The lowest BCUT2D eigenvalue weighted by Crippen LogP contribution is -2.44. The number of carbonyl (C=O) groups excluding carboxylic acids is 1. The largest absolute Gasteiger partial charge is 0.289 e. The molecule has 0 aromatic heterocycles. The van der Waals surface area contributed by atoms with E-state index in [4.69, 9.17) is 0 Å². The van der Waals surface area contributed by atoms with Crippen molar-refractivity contribution in [1.82, 2.24) is 0 Å². The number of hydrogen-bond acceptors (Lipinski definition) is 1. The molecule has 0 unspecified atom stereocenters. The van der Waals surface area contributed by atoms with Crippen LogP contribution >= 0.6 is 0 Å². The van der Waals surface area contributed by atoms with Crippen molar-refractivity contribution in [3.8, 4) is 0 Å².